The highest BCUT2D eigenvalue weighted by molar-refractivity contribution is 6.69. The van der Waals surface area contributed by atoms with Crippen molar-refractivity contribution in [1.82, 2.24) is 8.80 Å². The molecule has 1 aliphatic rings. The van der Waals surface area contributed by atoms with Crippen molar-refractivity contribution in [3.05, 3.63) is 11.1 Å². The summed E-state index contributed by atoms with van der Waals surface area (Å²) in [5, 5.41) is 20.4. The Morgan fingerprint density at radius 1 is 1.00 bits per heavy atom. The van der Waals surface area contributed by atoms with Gasteiger partial charge in [-0.25, -0.2) is 0 Å². The maximum absolute atomic E-state index is 10.2. The second kappa shape index (κ2) is 6.36. The van der Waals surface area contributed by atoms with Crippen molar-refractivity contribution in [3.8, 4) is 11.8 Å². The molecule has 6 heteroatoms. The van der Waals surface area contributed by atoms with E-state index < -0.39 is 17.9 Å². The normalized spacial score (nSPS) is 14.8. The van der Waals surface area contributed by atoms with Crippen LogP contribution >= 0.6 is 0 Å². The van der Waals surface area contributed by atoms with Gasteiger partial charge in [0.1, 0.15) is 0 Å². The summed E-state index contributed by atoms with van der Waals surface area (Å²) >= 11 is 0. The SMILES string of the molecule is C[SiH](C)N(CCCn1c(O)c2c(c1O)CCC2)[SiH](C)C. The molecule has 114 valence electrons. The molecule has 1 heterocycles. The minimum atomic E-state index is -0.732. The van der Waals surface area contributed by atoms with Crippen molar-refractivity contribution >= 4 is 17.9 Å². The molecule has 0 aliphatic heterocycles. The lowest BCUT2D eigenvalue weighted by atomic mass is 10.2. The van der Waals surface area contributed by atoms with Gasteiger partial charge in [-0.05, 0) is 32.2 Å². The number of aromatic nitrogens is 1. The average Bonchev–Trinajstić information content (AvgIpc) is 2.92. The molecule has 0 amide bonds. The predicted octanol–water partition coefficient (Wildman–Crippen LogP) is 2.05. The van der Waals surface area contributed by atoms with Crippen molar-refractivity contribution in [2.45, 2.75) is 58.4 Å². The van der Waals surface area contributed by atoms with Gasteiger partial charge >= 0.3 is 0 Å². The van der Waals surface area contributed by atoms with Crippen LogP contribution in [0.1, 0.15) is 24.0 Å². The predicted molar refractivity (Wildman–Crippen MR) is 88.9 cm³/mol. The van der Waals surface area contributed by atoms with E-state index >= 15 is 0 Å². The van der Waals surface area contributed by atoms with E-state index in [1.165, 1.54) is 0 Å². The van der Waals surface area contributed by atoms with Crippen LogP contribution in [0.25, 0.3) is 0 Å². The van der Waals surface area contributed by atoms with E-state index in [4.69, 9.17) is 0 Å². The first-order valence-corrected chi connectivity index (χ1v) is 13.5. The molecule has 0 saturated carbocycles. The lowest BCUT2D eigenvalue weighted by Gasteiger charge is -2.29. The molecular weight excluding hydrogens is 284 g/mol. The van der Waals surface area contributed by atoms with Gasteiger partial charge in [0.2, 0.25) is 0 Å². The fourth-order valence-electron chi connectivity index (χ4n) is 3.40. The Bertz CT molecular complexity index is 437. The van der Waals surface area contributed by atoms with E-state index in [1.54, 1.807) is 4.57 Å². The van der Waals surface area contributed by atoms with Crippen molar-refractivity contribution in [2.24, 2.45) is 0 Å². The minimum Gasteiger partial charge on any atom is -0.494 e. The van der Waals surface area contributed by atoms with E-state index in [0.717, 1.165) is 49.9 Å². The summed E-state index contributed by atoms with van der Waals surface area (Å²) in [5.74, 6) is 0.621. The number of hydrogen-bond acceptors (Lipinski definition) is 3. The molecule has 1 aliphatic carbocycles. The first-order chi connectivity index (χ1) is 9.43. The number of rotatable bonds is 6. The largest absolute Gasteiger partial charge is 0.494 e. The van der Waals surface area contributed by atoms with E-state index in [0.29, 0.717) is 11.8 Å². The molecule has 20 heavy (non-hydrogen) atoms. The highest BCUT2D eigenvalue weighted by Gasteiger charge is 2.25. The van der Waals surface area contributed by atoms with Gasteiger partial charge in [0.25, 0.3) is 0 Å². The highest BCUT2D eigenvalue weighted by atomic mass is 28.3. The molecule has 0 spiro atoms. The Balaban J connectivity index is 1.98. The van der Waals surface area contributed by atoms with Crippen LogP contribution < -0.4 is 0 Å². The Labute approximate surface area is 125 Å². The lowest BCUT2D eigenvalue weighted by Crippen LogP contribution is -2.43. The zero-order valence-corrected chi connectivity index (χ0v) is 15.5. The molecule has 4 nitrogen and oxygen atoms in total. The second-order valence-corrected chi connectivity index (χ2v) is 12.7. The molecular formula is C14H28N2O2Si2. The Kier molecular flexibility index (Phi) is 4.98. The van der Waals surface area contributed by atoms with Crippen molar-refractivity contribution in [1.29, 1.82) is 0 Å². The zero-order valence-electron chi connectivity index (χ0n) is 13.2. The van der Waals surface area contributed by atoms with Crippen molar-refractivity contribution < 1.29 is 10.2 Å². The molecule has 0 radical (unpaired) electrons. The molecule has 0 fully saturated rings. The molecule has 1 aromatic rings. The van der Waals surface area contributed by atoms with Crippen molar-refractivity contribution in [2.75, 3.05) is 6.54 Å². The number of nitrogens with zero attached hydrogens (tertiary/aromatic N) is 2. The number of aromatic hydroxyl groups is 2. The molecule has 1 aromatic heterocycles. The van der Waals surface area contributed by atoms with E-state index in [2.05, 4.69) is 30.4 Å². The molecule has 0 saturated heterocycles. The van der Waals surface area contributed by atoms with Crippen LogP contribution in [0.15, 0.2) is 0 Å². The van der Waals surface area contributed by atoms with Gasteiger partial charge in [-0.3, -0.25) is 4.57 Å². The van der Waals surface area contributed by atoms with E-state index in [-0.39, 0.29) is 0 Å². The van der Waals surface area contributed by atoms with Crippen LogP contribution in [0.4, 0.5) is 0 Å². The van der Waals surface area contributed by atoms with Crippen molar-refractivity contribution in [3.63, 3.8) is 0 Å². The average molecular weight is 313 g/mol. The quantitative estimate of drug-likeness (QED) is 0.790. The second-order valence-electron chi connectivity index (χ2n) is 6.39. The van der Waals surface area contributed by atoms with Gasteiger partial charge in [0.05, 0.1) is 17.9 Å². The third-order valence-electron chi connectivity index (χ3n) is 4.39. The standard InChI is InChI=1S/C14H28N2O2Si2/c1-19(2)16(20(3)4)10-6-9-15-13(17)11-7-5-8-12(11)14(15)18/h17-20H,5-10H2,1-4H3. The van der Waals surface area contributed by atoms with Crippen LogP contribution in [0.5, 0.6) is 11.8 Å². The van der Waals surface area contributed by atoms with Crippen LogP contribution in [0.3, 0.4) is 0 Å². The monoisotopic (exact) mass is 312 g/mol. The number of hydrogen-bond donors (Lipinski definition) is 2. The zero-order chi connectivity index (χ0) is 14.9. The summed E-state index contributed by atoms with van der Waals surface area (Å²) in [6, 6.07) is 0. The van der Waals surface area contributed by atoms with Gasteiger partial charge in [-0.15, -0.1) is 0 Å². The Morgan fingerprint density at radius 2 is 1.50 bits per heavy atom. The van der Waals surface area contributed by atoms with Gasteiger partial charge in [0.15, 0.2) is 11.8 Å². The van der Waals surface area contributed by atoms with E-state index in [9.17, 15) is 10.2 Å². The summed E-state index contributed by atoms with van der Waals surface area (Å²) < 4.78 is 4.43. The maximum Gasteiger partial charge on any atom is 0.197 e. The van der Waals surface area contributed by atoms with Crippen LogP contribution in [0, 0.1) is 0 Å². The number of fused-ring (bicyclic) bond motifs is 1. The van der Waals surface area contributed by atoms with Gasteiger partial charge < -0.3 is 14.4 Å². The fraction of sp³-hybridized carbons (Fsp3) is 0.714. The van der Waals surface area contributed by atoms with Gasteiger partial charge in [-0.1, -0.05) is 26.2 Å². The third-order valence-corrected chi connectivity index (χ3v) is 11.1. The first-order valence-electron chi connectivity index (χ1n) is 7.81. The van der Waals surface area contributed by atoms with Crippen LogP contribution in [-0.2, 0) is 19.4 Å². The topological polar surface area (TPSA) is 48.6 Å². The van der Waals surface area contributed by atoms with E-state index in [1.807, 2.05) is 0 Å². The minimum absolute atomic E-state index is 0.310. The maximum atomic E-state index is 10.2. The Hall–Kier alpha value is -0.726. The first kappa shape index (κ1) is 15.7. The summed E-state index contributed by atoms with van der Waals surface area (Å²) in [7, 11) is -1.46. The molecule has 0 aromatic carbocycles. The summed E-state index contributed by atoms with van der Waals surface area (Å²) in [5.41, 5.74) is 1.96. The van der Waals surface area contributed by atoms with Gasteiger partial charge in [0, 0.05) is 17.7 Å². The lowest BCUT2D eigenvalue weighted by molar-refractivity contribution is 0.356. The van der Waals surface area contributed by atoms with Gasteiger partial charge in [-0.2, -0.15) is 0 Å². The van der Waals surface area contributed by atoms with Crippen LogP contribution in [-0.4, -0.2) is 43.5 Å². The molecule has 2 N–H and O–H groups in total. The summed E-state index contributed by atoms with van der Waals surface area (Å²) in [6.07, 6.45) is 3.88. The third kappa shape index (κ3) is 2.97. The molecule has 2 rings (SSSR count). The van der Waals surface area contributed by atoms with Crippen LogP contribution in [0.2, 0.25) is 26.2 Å². The molecule has 0 atom stereocenters. The summed E-state index contributed by atoms with van der Waals surface area (Å²) in [4.78, 5) is 0. The molecule has 0 unspecified atom stereocenters. The Morgan fingerprint density at radius 3 is 1.95 bits per heavy atom. The summed E-state index contributed by atoms with van der Waals surface area (Å²) in [6.45, 7) is 11.4. The fourth-order valence-corrected chi connectivity index (χ4v) is 9.57. The highest BCUT2D eigenvalue weighted by Crippen LogP contribution is 2.39. The smallest absolute Gasteiger partial charge is 0.197 e. The molecule has 0 bridgehead atoms.